The molecule has 0 aliphatic carbocycles. The van der Waals surface area contributed by atoms with Crippen LogP contribution in [0.4, 0.5) is 4.39 Å². The van der Waals surface area contributed by atoms with E-state index in [2.05, 4.69) is 0 Å². The summed E-state index contributed by atoms with van der Waals surface area (Å²) in [5.74, 6) is -0.614. The first-order valence-electron chi connectivity index (χ1n) is 4.33. The number of thioether (sulfide) groups is 1. The SMILES string of the molecule is O=C(O)CSCCc1c(F)cccc1Cl. The lowest BCUT2D eigenvalue weighted by atomic mass is 10.1. The Morgan fingerprint density at radius 1 is 1.53 bits per heavy atom. The second kappa shape index (κ2) is 5.98. The van der Waals surface area contributed by atoms with Crippen LogP contribution in [0.15, 0.2) is 18.2 Å². The Morgan fingerprint density at radius 3 is 2.87 bits per heavy atom. The lowest BCUT2D eigenvalue weighted by Crippen LogP contribution is -2.01. The molecule has 0 heterocycles. The normalized spacial score (nSPS) is 10.3. The Hall–Kier alpha value is -0.740. The zero-order valence-electron chi connectivity index (χ0n) is 7.87. The van der Waals surface area contributed by atoms with Crippen LogP contribution in [0.2, 0.25) is 5.02 Å². The Morgan fingerprint density at radius 2 is 2.27 bits per heavy atom. The van der Waals surface area contributed by atoms with Crippen LogP contribution < -0.4 is 0 Å². The number of rotatable bonds is 5. The molecule has 0 bridgehead atoms. The maximum Gasteiger partial charge on any atom is 0.313 e. The molecule has 1 rings (SSSR count). The number of carbonyl (C=O) groups is 1. The molecule has 0 fully saturated rings. The van der Waals surface area contributed by atoms with E-state index in [9.17, 15) is 9.18 Å². The molecule has 0 saturated carbocycles. The molecule has 0 aliphatic rings. The minimum Gasteiger partial charge on any atom is -0.481 e. The Balaban J connectivity index is 2.47. The lowest BCUT2D eigenvalue weighted by Gasteiger charge is -2.04. The van der Waals surface area contributed by atoms with Crippen LogP contribution in [0.5, 0.6) is 0 Å². The lowest BCUT2D eigenvalue weighted by molar-refractivity contribution is -0.133. The van der Waals surface area contributed by atoms with Crippen LogP contribution >= 0.6 is 23.4 Å². The number of carboxylic acids is 1. The van der Waals surface area contributed by atoms with Gasteiger partial charge in [-0.2, -0.15) is 0 Å². The van der Waals surface area contributed by atoms with Crippen LogP contribution in [-0.2, 0) is 11.2 Å². The number of aliphatic carboxylic acids is 1. The summed E-state index contributed by atoms with van der Waals surface area (Å²) >= 11 is 7.05. The fourth-order valence-corrected chi connectivity index (χ4v) is 2.03. The van der Waals surface area contributed by atoms with Crippen molar-refractivity contribution in [3.63, 3.8) is 0 Å². The summed E-state index contributed by atoms with van der Waals surface area (Å²) in [5, 5.41) is 8.79. The summed E-state index contributed by atoms with van der Waals surface area (Å²) in [6.07, 6.45) is 0.448. The molecule has 5 heteroatoms. The molecule has 2 nitrogen and oxygen atoms in total. The van der Waals surface area contributed by atoms with E-state index in [0.717, 1.165) is 0 Å². The summed E-state index contributed by atoms with van der Waals surface area (Å²) < 4.78 is 13.2. The van der Waals surface area contributed by atoms with Crippen molar-refractivity contribution in [2.45, 2.75) is 6.42 Å². The fourth-order valence-electron chi connectivity index (χ4n) is 1.10. The fraction of sp³-hybridized carbons (Fsp3) is 0.300. The van der Waals surface area contributed by atoms with Crippen LogP contribution in [0.1, 0.15) is 5.56 Å². The third-order valence-corrected chi connectivity index (χ3v) is 3.08. The molecule has 1 aromatic carbocycles. The van der Waals surface area contributed by atoms with Gasteiger partial charge in [-0.15, -0.1) is 11.8 Å². The molecule has 0 aromatic heterocycles. The summed E-state index contributed by atoms with van der Waals surface area (Å²) in [4.78, 5) is 10.2. The first-order valence-corrected chi connectivity index (χ1v) is 5.87. The van der Waals surface area contributed by atoms with Crippen LogP contribution in [0.25, 0.3) is 0 Å². The molecule has 82 valence electrons. The average molecular weight is 249 g/mol. The zero-order valence-corrected chi connectivity index (χ0v) is 9.45. The van der Waals surface area contributed by atoms with Crippen molar-refractivity contribution in [3.8, 4) is 0 Å². The highest BCUT2D eigenvalue weighted by molar-refractivity contribution is 7.99. The van der Waals surface area contributed by atoms with E-state index in [1.54, 1.807) is 12.1 Å². The van der Waals surface area contributed by atoms with Gasteiger partial charge in [0.05, 0.1) is 5.75 Å². The minimum absolute atomic E-state index is 0.0338. The largest absolute Gasteiger partial charge is 0.481 e. The first kappa shape index (κ1) is 12.3. The van der Waals surface area contributed by atoms with Crippen molar-refractivity contribution in [2.75, 3.05) is 11.5 Å². The quantitative estimate of drug-likeness (QED) is 0.815. The maximum atomic E-state index is 13.2. The van der Waals surface area contributed by atoms with Crippen molar-refractivity contribution in [3.05, 3.63) is 34.6 Å². The molecule has 0 atom stereocenters. The molecule has 0 unspecified atom stereocenters. The topological polar surface area (TPSA) is 37.3 Å². The van der Waals surface area contributed by atoms with E-state index in [1.165, 1.54) is 17.8 Å². The van der Waals surface area contributed by atoms with Crippen LogP contribution in [0, 0.1) is 5.82 Å². The highest BCUT2D eigenvalue weighted by Gasteiger charge is 2.06. The number of hydrogen-bond acceptors (Lipinski definition) is 2. The third kappa shape index (κ3) is 4.10. The van der Waals surface area contributed by atoms with Gasteiger partial charge in [0.2, 0.25) is 0 Å². The van der Waals surface area contributed by atoms with E-state index < -0.39 is 5.97 Å². The Bertz CT molecular complexity index is 337. The number of carboxylic acid groups (broad SMARTS) is 1. The van der Waals surface area contributed by atoms with Crippen LogP contribution in [-0.4, -0.2) is 22.6 Å². The van der Waals surface area contributed by atoms with Crippen molar-refractivity contribution < 1.29 is 14.3 Å². The monoisotopic (exact) mass is 248 g/mol. The number of halogens is 2. The average Bonchev–Trinajstić information content (AvgIpc) is 2.15. The van der Waals surface area contributed by atoms with Gasteiger partial charge in [-0.3, -0.25) is 4.79 Å². The predicted molar refractivity (Wildman–Crippen MR) is 60.1 cm³/mol. The minimum atomic E-state index is -0.861. The molecule has 1 aromatic rings. The molecule has 0 saturated heterocycles. The number of benzene rings is 1. The van der Waals surface area contributed by atoms with Gasteiger partial charge < -0.3 is 5.11 Å². The predicted octanol–water partition coefficient (Wildman–Crippen LogP) is 2.84. The molecule has 0 amide bonds. The Kier molecular flexibility index (Phi) is 4.91. The summed E-state index contributed by atoms with van der Waals surface area (Å²) in [7, 11) is 0. The second-order valence-corrected chi connectivity index (χ2v) is 4.41. The highest BCUT2D eigenvalue weighted by atomic mass is 35.5. The summed E-state index contributed by atoms with van der Waals surface area (Å²) in [6, 6.07) is 4.52. The van der Waals surface area contributed by atoms with Crippen molar-refractivity contribution >= 4 is 29.3 Å². The van der Waals surface area contributed by atoms with Crippen molar-refractivity contribution in [2.24, 2.45) is 0 Å². The third-order valence-electron chi connectivity index (χ3n) is 1.78. The molecule has 0 spiro atoms. The van der Waals surface area contributed by atoms with E-state index in [0.29, 0.717) is 22.8 Å². The van der Waals surface area contributed by atoms with Crippen molar-refractivity contribution in [1.82, 2.24) is 0 Å². The maximum absolute atomic E-state index is 13.2. The van der Waals surface area contributed by atoms with E-state index >= 15 is 0 Å². The van der Waals surface area contributed by atoms with E-state index in [-0.39, 0.29) is 11.6 Å². The van der Waals surface area contributed by atoms with E-state index in [1.807, 2.05) is 0 Å². The van der Waals surface area contributed by atoms with Gasteiger partial charge in [0.25, 0.3) is 0 Å². The van der Waals surface area contributed by atoms with Crippen molar-refractivity contribution in [1.29, 1.82) is 0 Å². The van der Waals surface area contributed by atoms with Gasteiger partial charge in [-0.1, -0.05) is 17.7 Å². The highest BCUT2D eigenvalue weighted by Crippen LogP contribution is 2.20. The standard InChI is InChI=1S/C10H10ClFO2S/c11-8-2-1-3-9(12)7(8)4-5-15-6-10(13)14/h1-3H,4-6H2,(H,13,14). The first-order chi connectivity index (χ1) is 7.11. The molecule has 1 N–H and O–H groups in total. The molecule has 0 radical (unpaired) electrons. The number of hydrogen-bond donors (Lipinski definition) is 1. The van der Waals surface area contributed by atoms with Gasteiger partial charge in [0.1, 0.15) is 5.82 Å². The molecule has 0 aliphatic heterocycles. The van der Waals surface area contributed by atoms with E-state index in [4.69, 9.17) is 16.7 Å². The Labute approximate surface area is 96.4 Å². The molecular formula is C10H10ClFO2S. The molecule has 15 heavy (non-hydrogen) atoms. The summed E-state index contributed by atoms with van der Waals surface area (Å²) in [6.45, 7) is 0. The smallest absolute Gasteiger partial charge is 0.313 e. The summed E-state index contributed by atoms with van der Waals surface area (Å²) in [5.41, 5.74) is 0.456. The zero-order chi connectivity index (χ0) is 11.3. The van der Waals surface area contributed by atoms with Gasteiger partial charge in [-0.25, -0.2) is 4.39 Å². The van der Waals surface area contributed by atoms with Gasteiger partial charge in [0, 0.05) is 10.6 Å². The van der Waals surface area contributed by atoms with Gasteiger partial charge in [-0.05, 0) is 24.3 Å². The molecular weight excluding hydrogens is 239 g/mol. The van der Waals surface area contributed by atoms with Gasteiger partial charge in [0.15, 0.2) is 0 Å². The van der Waals surface area contributed by atoms with Crippen LogP contribution in [0.3, 0.4) is 0 Å². The van der Waals surface area contributed by atoms with Gasteiger partial charge >= 0.3 is 5.97 Å². The second-order valence-electron chi connectivity index (χ2n) is 2.90.